The van der Waals surface area contributed by atoms with E-state index in [0.29, 0.717) is 37.1 Å². The number of benzene rings is 3. The molecule has 1 aromatic heterocycles. The lowest BCUT2D eigenvalue weighted by molar-refractivity contribution is -0.114. The van der Waals surface area contributed by atoms with Crippen molar-refractivity contribution in [2.75, 3.05) is 43.1 Å². The standard InChI is InChI=1S/C27H28N4O4S2/c1-19-14-20(2)16-22(15-19)31(27-29-24-8-3-4-9-25(24)36-27)18-26(32)28-21-6-5-7-23(17-21)37(33,34)30-10-12-35-13-11-30/h3-9,14-17H,10-13,18H2,1-2H3,(H,28,32). The summed E-state index contributed by atoms with van der Waals surface area (Å²) < 4.78 is 33.9. The Kier molecular flexibility index (Phi) is 7.25. The lowest BCUT2D eigenvalue weighted by Crippen LogP contribution is -2.40. The van der Waals surface area contributed by atoms with E-state index in [0.717, 1.165) is 27.0 Å². The summed E-state index contributed by atoms with van der Waals surface area (Å²) in [7, 11) is -3.67. The van der Waals surface area contributed by atoms with E-state index in [9.17, 15) is 13.2 Å². The number of sulfonamides is 1. The first-order valence-corrected chi connectivity index (χ1v) is 14.2. The molecule has 0 aliphatic carbocycles. The fourth-order valence-corrected chi connectivity index (χ4v) is 6.81. The van der Waals surface area contributed by atoms with Gasteiger partial charge in [-0.1, -0.05) is 35.6 Å². The number of thiazole rings is 1. The van der Waals surface area contributed by atoms with Crippen molar-refractivity contribution >= 4 is 54.0 Å². The van der Waals surface area contributed by atoms with Crippen LogP contribution in [-0.2, 0) is 19.6 Å². The number of nitrogens with zero attached hydrogens (tertiary/aromatic N) is 3. The molecule has 0 bridgehead atoms. The van der Waals surface area contributed by atoms with Crippen molar-refractivity contribution in [1.82, 2.24) is 9.29 Å². The molecule has 4 aromatic rings. The maximum Gasteiger partial charge on any atom is 0.244 e. The van der Waals surface area contributed by atoms with Crippen LogP contribution in [-0.4, -0.2) is 56.5 Å². The minimum atomic E-state index is -3.67. The van der Waals surface area contributed by atoms with E-state index in [4.69, 9.17) is 9.72 Å². The average molecular weight is 537 g/mol. The second-order valence-electron chi connectivity index (χ2n) is 8.99. The van der Waals surface area contributed by atoms with Gasteiger partial charge in [-0.25, -0.2) is 13.4 Å². The molecule has 0 spiro atoms. The van der Waals surface area contributed by atoms with E-state index in [1.165, 1.54) is 21.7 Å². The highest BCUT2D eigenvalue weighted by atomic mass is 32.2. The molecule has 8 nitrogen and oxygen atoms in total. The third-order valence-corrected chi connectivity index (χ3v) is 9.01. The minimum absolute atomic E-state index is 0.0170. The number of rotatable bonds is 7. The van der Waals surface area contributed by atoms with Crippen molar-refractivity contribution in [2.24, 2.45) is 0 Å². The Bertz CT molecular complexity index is 1490. The van der Waals surface area contributed by atoms with Gasteiger partial charge >= 0.3 is 0 Å². The number of anilines is 3. The van der Waals surface area contributed by atoms with Gasteiger partial charge in [0, 0.05) is 24.5 Å². The molecular formula is C27H28N4O4S2. The van der Waals surface area contributed by atoms with Crippen LogP contribution in [0.3, 0.4) is 0 Å². The van der Waals surface area contributed by atoms with E-state index in [2.05, 4.69) is 11.4 Å². The van der Waals surface area contributed by atoms with Gasteiger partial charge in [-0.3, -0.25) is 4.79 Å². The number of amides is 1. The predicted octanol–water partition coefficient (Wildman–Crippen LogP) is 4.71. The molecule has 10 heteroatoms. The number of hydrogen-bond donors (Lipinski definition) is 1. The summed E-state index contributed by atoms with van der Waals surface area (Å²) in [6.07, 6.45) is 0. The Balaban J connectivity index is 1.41. The number of ether oxygens (including phenoxy) is 1. The van der Waals surface area contributed by atoms with Crippen LogP contribution in [0.5, 0.6) is 0 Å². The van der Waals surface area contributed by atoms with Crippen molar-refractivity contribution in [3.05, 3.63) is 77.9 Å². The molecule has 37 heavy (non-hydrogen) atoms. The molecule has 0 unspecified atom stereocenters. The van der Waals surface area contributed by atoms with Crippen LogP contribution < -0.4 is 10.2 Å². The predicted molar refractivity (Wildman–Crippen MR) is 147 cm³/mol. The highest BCUT2D eigenvalue weighted by Gasteiger charge is 2.27. The summed E-state index contributed by atoms with van der Waals surface area (Å²) in [5.41, 5.74) is 4.34. The second kappa shape index (κ2) is 10.6. The Morgan fingerprint density at radius 2 is 1.76 bits per heavy atom. The molecule has 0 saturated carbocycles. The van der Waals surface area contributed by atoms with Crippen molar-refractivity contribution in [2.45, 2.75) is 18.7 Å². The Labute approximate surface area is 220 Å². The first-order chi connectivity index (χ1) is 17.8. The van der Waals surface area contributed by atoms with E-state index in [-0.39, 0.29) is 17.3 Å². The van der Waals surface area contributed by atoms with E-state index >= 15 is 0 Å². The number of nitrogens with one attached hydrogen (secondary N) is 1. The smallest absolute Gasteiger partial charge is 0.244 e. The van der Waals surface area contributed by atoms with Crippen LogP contribution in [0.1, 0.15) is 11.1 Å². The van der Waals surface area contributed by atoms with E-state index in [1.54, 1.807) is 18.2 Å². The fraction of sp³-hybridized carbons (Fsp3) is 0.259. The number of carbonyl (C=O) groups excluding carboxylic acids is 1. The van der Waals surface area contributed by atoms with Gasteiger partial charge in [-0.15, -0.1) is 0 Å². The number of carbonyl (C=O) groups is 1. The van der Waals surface area contributed by atoms with Gasteiger partial charge in [0.05, 0.1) is 28.3 Å². The second-order valence-corrected chi connectivity index (χ2v) is 11.9. The van der Waals surface area contributed by atoms with Gasteiger partial charge in [0.25, 0.3) is 0 Å². The monoisotopic (exact) mass is 536 g/mol. The molecule has 0 radical (unpaired) electrons. The van der Waals surface area contributed by atoms with Gasteiger partial charge in [0.1, 0.15) is 6.54 Å². The molecule has 1 N–H and O–H groups in total. The fourth-order valence-electron chi connectivity index (χ4n) is 4.37. The summed E-state index contributed by atoms with van der Waals surface area (Å²) in [4.78, 5) is 20.1. The number of para-hydroxylation sites is 1. The average Bonchev–Trinajstić information content (AvgIpc) is 3.31. The first-order valence-electron chi connectivity index (χ1n) is 12.0. The largest absolute Gasteiger partial charge is 0.379 e. The number of hydrogen-bond acceptors (Lipinski definition) is 7. The summed E-state index contributed by atoms with van der Waals surface area (Å²) >= 11 is 1.52. The zero-order valence-electron chi connectivity index (χ0n) is 20.7. The molecule has 1 aliphatic rings. The van der Waals surface area contributed by atoms with Gasteiger partial charge in [0.2, 0.25) is 15.9 Å². The maximum atomic E-state index is 13.3. The molecule has 1 amide bonds. The van der Waals surface area contributed by atoms with Gasteiger partial charge in [-0.2, -0.15) is 4.31 Å². The van der Waals surface area contributed by atoms with E-state index in [1.807, 2.05) is 55.1 Å². The number of fused-ring (bicyclic) bond motifs is 1. The molecule has 3 aromatic carbocycles. The van der Waals surface area contributed by atoms with Crippen molar-refractivity contribution in [3.63, 3.8) is 0 Å². The third kappa shape index (κ3) is 5.67. The van der Waals surface area contributed by atoms with Gasteiger partial charge < -0.3 is 15.0 Å². The Morgan fingerprint density at radius 3 is 2.49 bits per heavy atom. The van der Waals surface area contributed by atoms with Crippen LogP contribution in [0.15, 0.2) is 71.6 Å². The highest BCUT2D eigenvalue weighted by molar-refractivity contribution is 7.89. The topological polar surface area (TPSA) is 91.8 Å². The third-order valence-electron chi connectivity index (χ3n) is 6.06. The molecule has 1 fully saturated rings. The van der Waals surface area contributed by atoms with Crippen molar-refractivity contribution in [3.8, 4) is 0 Å². The van der Waals surface area contributed by atoms with Crippen LogP contribution in [0, 0.1) is 13.8 Å². The van der Waals surface area contributed by atoms with Crippen LogP contribution in [0.4, 0.5) is 16.5 Å². The quantitative estimate of drug-likeness (QED) is 0.368. The molecule has 2 heterocycles. The SMILES string of the molecule is Cc1cc(C)cc(N(CC(=O)Nc2cccc(S(=O)(=O)N3CCOCC3)c2)c2nc3ccccc3s2)c1. The lowest BCUT2D eigenvalue weighted by Gasteiger charge is -2.26. The summed E-state index contributed by atoms with van der Waals surface area (Å²) in [5, 5.41) is 3.59. The maximum absolute atomic E-state index is 13.3. The minimum Gasteiger partial charge on any atom is -0.379 e. The normalized spacial score (nSPS) is 14.5. The van der Waals surface area contributed by atoms with Crippen molar-refractivity contribution in [1.29, 1.82) is 0 Å². The van der Waals surface area contributed by atoms with Gasteiger partial charge in [0.15, 0.2) is 5.13 Å². The number of aryl methyl sites for hydroxylation is 2. The molecule has 0 atom stereocenters. The molecule has 1 saturated heterocycles. The van der Waals surface area contributed by atoms with Crippen LogP contribution in [0.25, 0.3) is 10.2 Å². The van der Waals surface area contributed by atoms with Crippen LogP contribution >= 0.6 is 11.3 Å². The van der Waals surface area contributed by atoms with Crippen LogP contribution in [0.2, 0.25) is 0 Å². The first kappa shape index (κ1) is 25.3. The van der Waals surface area contributed by atoms with Gasteiger partial charge in [-0.05, 0) is 67.4 Å². The molecule has 192 valence electrons. The Hall–Kier alpha value is -3.31. The molecular weight excluding hydrogens is 508 g/mol. The van der Waals surface area contributed by atoms with E-state index < -0.39 is 10.0 Å². The number of morpholine rings is 1. The Morgan fingerprint density at radius 1 is 1.03 bits per heavy atom. The summed E-state index contributed by atoms with van der Waals surface area (Å²) in [6, 6.07) is 20.4. The highest BCUT2D eigenvalue weighted by Crippen LogP contribution is 2.34. The lowest BCUT2D eigenvalue weighted by atomic mass is 10.1. The summed E-state index contributed by atoms with van der Waals surface area (Å²) in [5.74, 6) is -0.278. The summed E-state index contributed by atoms with van der Waals surface area (Å²) in [6.45, 7) is 5.42. The molecule has 5 rings (SSSR count). The zero-order chi connectivity index (χ0) is 26.0. The number of aromatic nitrogens is 1. The van der Waals surface area contributed by atoms with Crippen molar-refractivity contribution < 1.29 is 17.9 Å². The zero-order valence-corrected chi connectivity index (χ0v) is 22.3. The molecule has 1 aliphatic heterocycles.